The van der Waals surface area contributed by atoms with E-state index in [1.807, 2.05) is 31.2 Å². The molecule has 1 atom stereocenters. The molecule has 0 saturated carbocycles. The molecule has 0 saturated heterocycles. The maximum Gasteiger partial charge on any atom is 0.180 e. The Morgan fingerprint density at radius 3 is 2.68 bits per heavy atom. The second-order valence-corrected chi connectivity index (χ2v) is 5.03. The van der Waals surface area contributed by atoms with Crippen LogP contribution in [0.5, 0.6) is 0 Å². The van der Waals surface area contributed by atoms with Crippen molar-refractivity contribution in [3.63, 3.8) is 0 Å². The van der Waals surface area contributed by atoms with E-state index < -0.39 is 4.83 Å². The topological polar surface area (TPSA) is 56.0 Å². The molecule has 0 aliphatic carbocycles. The van der Waals surface area contributed by atoms with Crippen molar-refractivity contribution in [3.8, 4) is 0 Å². The van der Waals surface area contributed by atoms with Gasteiger partial charge in [0.2, 0.25) is 0 Å². The summed E-state index contributed by atoms with van der Waals surface area (Å²) in [6.07, 6.45) is 1.60. The summed E-state index contributed by atoms with van der Waals surface area (Å²) in [5, 5.41) is 0. The van der Waals surface area contributed by atoms with E-state index in [-0.39, 0.29) is 22.8 Å². The van der Waals surface area contributed by atoms with Crippen LogP contribution >= 0.6 is 32.9 Å². The molecule has 0 bridgehead atoms. The number of Topliss-reactive ketones (excluding diaryl/α,β-unsaturated/α-hetero) is 1. The Kier molecular flexibility index (Phi) is 5.69. The van der Waals surface area contributed by atoms with E-state index in [0.29, 0.717) is 11.4 Å². The van der Waals surface area contributed by atoms with Gasteiger partial charge < -0.3 is 5.73 Å². The summed E-state index contributed by atoms with van der Waals surface area (Å²) >= 11 is 3.41. The van der Waals surface area contributed by atoms with Gasteiger partial charge in [-0.2, -0.15) is 0 Å². The van der Waals surface area contributed by atoms with E-state index >= 15 is 0 Å². The molecule has 2 N–H and O–H groups in total. The Labute approximate surface area is 131 Å². The highest BCUT2D eigenvalue weighted by atomic mass is 79.9. The Morgan fingerprint density at radius 2 is 2.05 bits per heavy atom. The molecule has 0 aliphatic rings. The normalized spacial score (nSPS) is 11.5. The lowest BCUT2D eigenvalue weighted by molar-refractivity contribution is 0.0991. The van der Waals surface area contributed by atoms with Crippen molar-refractivity contribution in [2.24, 2.45) is 0 Å². The van der Waals surface area contributed by atoms with Gasteiger partial charge in [-0.1, -0.05) is 39.7 Å². The van der Waals surface area contributed by atoms with Crippen LogP contribution in [-0.4, -0.2) is 10.8 Å². The molecule has 1 aromatic heterocycles. The van der Waals surface area contributed by atoms with E-state index in [4.69, 9.17) is 5.73 Å². The Hall–Kier alpha value is -1.20. The van der Waals surface area contributed by atoms with Crippen LogP contribution in [0.4, 0.5) is 5.82 Å². The minimum Gasteiger partial charge on any atom is -0.384 e. The van der Waals surface area contributed by atoms with Crippen LogP contribution in [0.25, 0.3) is 0 Å². The number of pyridine rings is 1. The zero-order chi connectivity index (χ0) is 13.1. The highest BCUT2D eigenvalue weighted by Gasteiger charge is 2.19. The third-order valence-electron chi connectivity index (χ3n) is 2.63. The van der Waals surface area contributed by atoms with Crippen LogP contribution in [0.1, 0.15) is 26.3 Å². The minimum atomic E-state index is -0.399. The molecule has 1 aromatic carbocycles. The molecular formula is C14H14Br2N2O. The quantitative estimate of drug-likeness (QED) is 0.644. The first-order valence-electron chi connectivity index (χ1n) is 5.54. The predicted molar refractivity (Wildman–Crippen MR) is 86.1 cm³/mol. The van der Waals surface area contributed by atoms with Crippen molar-refractivity contribution >= 4 is 44.5 Å². The summed E-state index contributed by atoms with van der Waals surface area (Å²) in [4.78, 5) is 15.8. The number of benzene rings is 1. The van der Waals surface area contributed by atoms with Gasteiger partial charge in [0.05, 0.1) is 0 Å². The zero-order valence-electron chi connectivity index (χ0n) is 10.3. The summed E-state index contributed by atoms with van der Waals surface area (Å²) in [5.41, 5.74) is 8.18. The van der Waals surface area contributed by atoms with Gasteiger partial charge in [-0.25, -0.2) is 4.98 Å². The monoisotopic (exact) mass is 384 g/mol. The molecule has 19 heavy (non-hydrogen) atoms. The van der Waals surface area contributed by atoms with Crippen molar-refractivity contribution in [1.82, 2.24) is 4.98 Å². The number of nitrogen functional groups attached to an aromatic ring is 1. The number of aryl methyl sites for hydroxylation is 1. The average Bonchev–Trinajstić information content (AvgIpc) is 2.37. The molecule has 5 heteroatoms. The first-order chi connectivity index (χ1) is 8.58. The molecule has 2 rings (SSSR count). The van der Waals surface area contributed by atoms with Crippen LogP contribution in [0.3, 0.4) is 0 Å². The van der Waals surface area contributed by atoms with Gasteiger partial charge in [0.1, 0.15) is 10.6 Å². The standard InChI is InChI=1S/C14H13BrN2O.BrH/c1-9-3-2-4-11(7-9)14(18)13(15)10-5-6-17-12(16)8-10;/h2-8,13H,1H3,(H2,16,17);1H. The van der Waals surface area contributed by atoms with Crippen LogP contribution in [-0.2, 0) is 0 Å². The molecule has 100 valence electrons. The van der Waals surface area contributed by atoms with Crippen LogP contribution in [0, 0.1) is 6.92 Å². The lowest BCUT2D eigenvalue weighted by Crippen LogP contribution is -2.08. The number of anilines is 1. The number of aromatic nitrogens is 1. The van der Waals surface area contributed by atoms with Crippen molar-refractivity contribution in [2.45, 2.75) is 11.8 Å². The summed E-state index contributed by atoms with van der Waals surface area (Å²) in [7, 11) is 0. The number of rotatable bonds is 3. The highest BCUT2D eigenvalue weighted by Crippen LogP contribution is 2.27. The summed E-state index contributed by atoms with van der Waals surface area (Å²) in [6, 6.07) is 11.0. The predicted octanol–water partition coefficient (Wildman–Crippen LogP) is 3.87. The molecule has 3 nitrogen and oxygen atoms in total. The Morgan fingerprint density at radius 1 is 1.32 bits per heavy atom. The number of carbonyl (C=O) groups is 1. The average molecular weight is 386 g/mol. The summed E-state index contributed by atoms with van der Waals surface area (Å²) in [5.74, 6) is 0.429. The number of hydrogen-bond donors (Lipinski definition) is 1. The first kappa shape index (κ1) is 15.9. The van der Waals surface area contributed by atoms with E-state index in [1.54, 1.807) is 18.3 Å². The molecular weight excluding hydrogens is 372 g/mol. The lowest BCUT2D eigenvalue weighted by Gasteiger charge is -2.10. The Balaban J connectivity index is 0.00000180. The number of hydrogen-bond acceptors (Lipinski definition) is 3. The van der Waals surface area contributed by atoms with E-state index in [9.17, 15) is 4.79 Å². The van der Waals surface area contributed by atoms with Crippen molar-refractivity contribution in [2.75, 3.05) is 5.73 Å². The van der Waals surface area contributed by atoms with Crippen LogP contribution in [0.15, 0.2) is 42.6 Å². The molecule has 2 aromatic rings. The van der Waals surface area contributed by atoms with Gasteiger partial charge in [0, 0.05) is 11.8 Å². The van der Waals surface area contributed by atoms with Gasteiger partial charge in [0.15, 0.2) is 5.78 Å². The van der Waals surface area contributed by atoms with Gasteiger partial charge in [-0.3, -0.25) is 4.79 Å². The molecule has 0 fully saturated rings. The molecule has 1 unspecified atom stereocenters. The maximum atomic E-state index is 12.3. The number of nitrogens with zero attached hydrogens (tertiary/aromatic N) is 1. The Bertz CT molecular complexity index is 587. The third-order valence-corrected chi connectivity index (χ3v) is 3.58. The number of ketones is 1. The second-order valence-electron chi connectivity index (χ2n) is 4.11. The zero-order valence-corrected chi connectivity index (χ0v) is 13.6. The molecule has 0 aliphatic heterocycles. The SMILES string of the molecule is Br.Cc1cccc(C(=O)C(Br)c2ccnc(N)c2)c1. The van der Waals surface area contributed by atoms with Crippen LogP contribution in [0.2, 0.25) is 0 Å². The number of halogens is 2. The first-order valence-corrected chi connectivity index (χ1v) is 6.46. The molecule has 0 spiro atoms. The van der Waals surface area contributed by atoms with Crippen molar-refractivity contribution < 1.29 is 4.79 Å². The molecule has 0 radical (unpaired) electrons. The second kappa shape index (κ2) is 6.82. The number of nitrogens with two attached hydrogens (primary N) is 1. The van der Waals surface area contributed by atoms with Gasteiger partial charge in [0.25, 0.3) is 0 Å². The number of carbonyl (C=O) groups excluding carboxylic acids is 1. The molecule has 0 amide bonds. The van der Waals surface area contributed by atoms with Crippen molar-refractivity contribution in [3.05, 3.63) is 59.3 Å². The minimum absolute atomic E-state index is 0. The van der Waals surface area contributed by atoms with Crippen molar-refractivity contribution in [1.29, 1.82) is 0 Å². The maximum absolute atomic E-state index is 12.3. The molecule has 1 heterocycles. The summed E-state index contributed by atoms with van der Waals surface area (Å²) in [6.45, 7) is 1.96. The highest BCUT2D eigenvalue weighted by molar-refractivity contribution is 9.09. The van der Waals surface area contributed by atoms with Gasteiger partial charge in [-0.05, 0) is 30.7 Å². The van der Waals surface area contributed by atoms with Gasteiger partial charge >= 0.3 is 0 Å². The third kappa shape index (κ3) is 3.88. The number of alkyl halides is 1. The lowest BCUT2D eigenvalue weighted by atomic mass is 10.0. The fourth-order valence-electron chi connectivity index (χ4n) is 1.72. The van der Waals surface area contributed by atoms with E-state index in [0.717, 1.165) is 11.1 Å². The smallest absolute Gasteiger partial charge is 0.180 e. The summed E-state index contributed by atoms with van der Waals surface area (Å²) < 4.78 is 0. The largest absolute Gasteiger partial charge is 0.384 e. The van der Waals surface area contributed by atoms with E-state index in [1.165, 1.54) is 0 Å². The fourth-order valence-corrected chi connectivity index (χ4v) is 2.27. The fraction of sp³-hybridized carbons (Fsp3) is 0.143. The van der Waals surface area contributed by atoms with E-state index in [2.05, 4.69) is 20.9 Å². The van der Waals surface area contributed by atoms with Gasteiger partial charge in [-0.15, -0.1) is 17.0 Å². The van der Waals surface area contributed by atoms with Crippen LogP contribution < -0.4 is 5.73 Å².